The van der Waals surface area contributed by atoms with Crippen molar-refractivity contribution >= 4 is 35.0 Å². The van der Waals surface area contributed by atoms with Crippen LogP contribution in [0.25, 0.3) is 5.57 Å². The number of rotatable bonds is 6. The first kappa shape index (κ1) is 25.6. The lowest BCUT2D eigenvalue weighted by Crippen LogP contribution is -2.40. The third-order valence-electron chi connectivity index (χ3n) is 6.02. The van der Waals surface area contributed by atoms with Gasteiger partial charge in [0, 0.05) is 43.0 Å². The van der Waals surface area contributed by atoms with Crippen molar-refractivity contribution in [3.63, 3.8) is 0 Å². The third-order valence-corrected chi connectivity index (χ3v) is 6.02. The van der Waals surface area contributed by atoms with Crippen molar-refractivity contribution in [2.24, 2.45) is 0 Å². The lowest BCUT2D eigenvalue weighted by atomic mass is 9.71. The van der Waals surface area contributed by atoms with E-state index in [4.69, 9.17) is 23.7 Å². The molecule has 0 saturated heterocycles. The lowest BCUT2D eigenvalue weighted by Gasteiger charge is -2.37. The standard InChI is InChI=1S/C27H24O10/c1-12(28)35-11-15-9-17-20(19(10-15)34-5)22-23(27(37-14(3)30)26(17)36-13(2)29)25(32)21-16(24(22)31)7-6-8-18(21)33-4/h6-10,26-27H,11H2,1-5H3/t26-,27+/m1/s1. The minimum absolute atomic E-state index is 0.0152. The van der Waals surface area contributed by atoms with Gasteiger partial charge in [-0.05, 0) is 23.8 Å². The number of fused-ring (bicyclic) bond motifs is 3. The Hall–Kier alpha value is -4.47. The molecular weight excluding hydrogens is 484 g/mol. The number of ketones is 2. The Morgan fingerprint density at radius 2 is 1.43 bits per heavy atom. The van der Waals surface area contributed by atoms with Gasteiger partial charge in [-0.1, -0.05) is 12.1 Å². The molecule has 2 aromatic carbocycles. The second-order valence-corrected chi connectivity index (χ2v) is 8.43. The normalized spacial score (nSPS) is 17.8. The van der Waals surface area contributed by atoms with E-state index in [0.29, 0.717) is 5.56 Å². The SMILES string of the molecule is COc1cccc2c1C(=O)C1=C(C2=O)c2c(OC)cc(COC(C)=O)cc2[C@@H](OC(C)=O)[C@H]1OC(C)=O. The second kappa shape index (κ2) is 9.88. The van der Waals surface area contributed by atoms with E-state index in [2.05, 4.69) is 0 Å². The van der Waals surface area contributed by atoms with Crippen molar-refractivity contribution in [1.82, 2.24) is 0 Å². The number of methoxy groups -OCH3 is 2. The van der Waals surface area contributed by atoms with Crippen LogP contribution in [0.15, 0.2) is 35.9 Å². The molecule has 192 valence electrons. The highest BCUT2D eigenvalue weighted by molar-refractivity contribution is 6.42. The average molecular weight is 508 g/mol. The van der Waals surface area contributed by atoms with Gasteiger partial charge in [0.25, 0.3) is 0 Å². The Kier molecular flexibility index (Phi) is 6.84. The molecule has 0 saturated carbocycles. The predicted molar refractivity (Wildman–Crippen MR) is 127 cm³/mol. The molecule has 0 aromatic heterocycles. The molecule has 0 N–H and O–H groups in total. The van der Waals surface area contributed by atoms with E-state index in [9.17, 15) is 24.0 Å². The highest BCUT2D eigenvalue weighted by atomic mass is 16.6. The molecule has 2 aliphatic carbocycles. The van der Waals surface area contributed by atoms with Gasteiger partial charge >= 0.3 is 17.9 Å². The topological polar surface area (TPSA) is 132 Å². The van der Waals surface area contributed by atoms with Gasteiger partial charge in [-0.15, -0.1) is 0 Å². The van der Waals surface area contributed by atoms with Gasteiger partial charge in [0.1, 0.15) is 18.1 Å². The minimum atomic E-state index is -1.44. The van der Waals surface area contributed by atoms with Crippen LogP contribution in [-0.2, 0) is 35.2 Å². The summed E-state index contributed by atoms with van der Waals surface area (Å²) >= 11 is 0. The Balaban J connectivity index is 2.07. The van der Waals surface area contributed by atoms with Crippen molar-refractivity contribution in [2.75, 3.05) is 14.2 Å². The summed E-state index contributed by atoms with van der Waals surface area (Å²) in [7, 11) is 2.74. The van der Waals surface area contributed by atoms with Crippen LogP contribution in [0.4, 0.5) is 0 Å². The van der Waals surface area contributed by atoms with E-state index in [1.54, 1.807) is 24.3 Å². The largest absolute Gasteiger partial charge is 0.496 e. The van der Waals surface area contributed by atoms with Crippen LogP contribution < -0.4 is 9.47 Å². The van der Waals surface area contributed by atoms with Crippen molar-refractivity contribution < 1.29 is 47.7 Å². The smallest absolute Gasteiger partial charge is 0.303 e. The fourth-order valence-electron chi connectivity index (χ4n) is 4.69. The number of Topliss-reactive ketones (excluding diaryl/α,β-unsaturated/α-hetero) is 2. The molecule has 0 bridgehead atoms. The molecule has 4 rings (SSSR count). The summed E-state index contributed by atoms with van der Waals surface area (Å²) in [5.74, 6) is -2.77. The maximum atomic E-state index is 13.9. The van der Waals surface area contributed by atoms with E-state index in [1.807, 2.05) is 0 Å². The molecule has 0 heterocycles. The zero-order valence-electron chi connectivity index (χ0n) is 20.8. The molecule has 2 atom stereocenters. The van der Waals surface area contributed by atoms with E-state index >= 15 is 0 Å². The monoisotopic (exact) mass is 508 g/mol. The Morgan fingerprint density at radius 1 is 0.784 bits per heavy atom. The van der Waals surface area contributed by atoms with E-state index < -0.39 is 41.7 Å². The number of carbonyl (C=O) groups is 5. The van der Waals surface area contributed by atoms with Crippen LogP contribution >= 0.6 is 0 Å². The molecule has 0 spiro atoms. The summed E-state index contributed by atoms with van der Waals surface area (Å²) in [5.41, 5.74) is 0.868. The van der Waals surface area contributed by atoms with Gasteiger partial charge in [0.15, 0.2) is 23.8 Å². The van der Waals surface area contributed by atoms with Crippen LogP contribution in [0.5, 0.6) is 11.5 Å². The summed E-state index contributed by atoms with van der Waals surface area (Å²) in [4.78, 5) is 63.6. The van der Waals surface area contributed by atoms with E-state index in [-0.39, 0.29) is 51.5 Å². The van der Waals surface area contributed by atoms with Crippen LogP contribution in [0.1, 0.15) is 64.3 Å². The van der Waals surface area contributed by atoms with Crippen molar-refractivity contribution in [3.8, 4) is 11.5 Å². The zero-order valence-corrected chi connectivity index (χ0v) is 20.8. The van der Waals surface area contributed by atoms with Gasteiger partial charge in [0.05, 0.1) is 25.4 Å². The number of esters is 3. The molecule has 10 nitrogen and oxygen atoms in total. The fraction of sp³-hybridized carbons (Fsp3) is 0.296. The summed E-state index contributed by atoms with van der Waals surface area (Å²) in [6.07, 6.45) is -2.73. The molecule has 0 amide bonds. The number of carbonyl (C=O) groups excluding carboxylic acids is 5. The minimum Gasteiger partial charge on any atom is -0.496 e. The van der Waals surface area contributed by atoms with E-state index in [1.165, 1.54) is 34.1 Å². The van der Waals surface area contributed by atoms with Gasteiger partial charge < -0.3 is 23.7 Å². The first-order valence-corrected chi connectivity index (χ1v) is 11.3. The lowest BCUT2D eigenvalue weighted by molar-refractivity contribution is -0.163. The summed E-state index contributed by atoms with van der Waals surface area (Å²) in [6.45, 7) is 3.43. The number of allylic oxidation sites excluding steroid dienone is 1. The number of ether oxygens (including phenoxy) is 5. The summed E-state index contributed by atoms with van der Waals surface area (Å²) in [6, 6.07) is 7.75. The molecule has 0 fully saturated rings. The van der Waals surface area contributed by atoms with Crippen LogP contribution in [0.2, 0.25) is 0 Å². The molecule has 2 aromatic rings. The Morgan fingerprint density at radius 3 is 2.03 bits per heavy atom. The average Bonchev–Trinajstić information content (AvgIpc) is 2.85. The molecule has 0 unspecified atom stereocenters. The maximum Gasteiger partial charge on any atom is 0.303 e. The van der Waals surface area contributed by atoms with Crippen LogP contribution in [0.3, 0.4) is 0 Å². The van der Waals surface area contributed by atoms with Gasteiger partial charge in [-0.25, -0.2) is 0 Å². The van der Waals surface area contributed by atoms with Crippen LogP contribution in [-0.4, -0.2) is 49.8 Å². The first-order chi connectivity index (χ1) is 17.6. The molecule has 2 aliphatic rings. The number of hydrogen-bond acceptors (Lipinski definition) is 10. The van der Waals surface area contributed by atoms with Crippen molar-refractivity contribution in [3.05, 3.63) is 63.7 Å². The predicted octanol–water partition coefficient (Wildman–Crippen LogP) is 3.15. The quantitative estimate of drug-likeness (QED) is 0.423. The van der Waals surface area contributed by atoms with Gasteiger partial charge in [-0.2, -0.15) is 0 Å². The summed E-state index contributed by atoms with van der Waals surface area (Å²) < 4.78 is 27.1. The highest BCUT2D eigenvalue weighted by Crippen LogP contribution is 2.50. The number of benzene rings is 2. The van der Waals surface area contributed by atoms with E-state index in [0.717, 1.165) is 6.92 Å². The van der Waals surface area contributed by atoms with Crippen molar-refractivity contribution in [2.45, 2.75) is 39.6 Å². The van der Waals surface area contributed by atoms with Crippen LogP contribution in [0, 0.1) is 0 Å². The molecular formula is C27H24O10. The zero-order chi connectivity index (χ0) is 27.0. The fourth-order valence-corrected chi connectivity index (χ4v) is 4.69. The first-order valence-electron chi connectivity index (χ1n) is 11.3. The molecule has 0 radical (unpaired) electrons. The third kappa shape index (κ3) is 4.46. The van der Waals surface area contributed by atoms with Gasteiger partial charge in [0.2, 0.25) is 0 Å². The maximum absolute atomic E-state index is 13.9. The highest BCUT2D eigenvalue weighted by Gasteiger charge is 2.49. The number of hydrogen-bond donors (Lipinski definition) is 0. The summed E-state index contributed by atoms with van der Waals surface area (Å²) in [5, 5.41) is 0. The molecule has 37 heavy (non-hydrogen) atoms. The molecule has 10 heteroatoms. The molecule has 0 aliphatic heterocycles. The Bertz CT molecular complexity index is 1380. The second-order valence-electron chi connectivity index (χ2n) is 8.43. The van der Waals surface area contributed by atoms with Crippen molar-refractivity contribution in [1.29, 1.82) is 0 Å². The van der Waals surface area contributed by atoms with Gasteiger partial charge in [-0.3, -0.25) is 24.0 Å². The Labute approximate surface area is 212 Å².